The summed E-state index contributed by atoms with van der Waals surface area (Å²) in [5.41, 5.74) is 0. The summed E-state index contributed by atoms with van der Waals surface area (Å²) in [5.74, 6) is 0.928. The summed E-state index contributed by atoms with van der Waals surface area (Å²) in [6, 6.07) is 1.38. The normalized spacial score (nSPS) is 32.8. The number of rotatable bonds is 5. The first-order valence-electron chi connectivity index (χ1n) is 6.26. The Morgan fingerprint density at radius 2 is 2.13 bits per heavy atom. The molecule has 3 nitrogen and oxygen atoms in total. The Hall–Kier alpha value is -0.120. The number of aliphatic hydroxyl groups is 1. The average molecular weight is 212 g/mol. The molecule has 0 aromatic heterocycles. The Labute approximate surface area is 93.1 Å². The van der Waals surface area contributed by atoms with Crippen LogP contribution in [0.4, 0.5) is 0 Å². The first-order chi connectivity index (χ1) is 7.20. The highest BCUT2D eigenvalue weighted by Crippen LogP contribution is 2.31. The van der Waals surface area contributed by atoms with E-state index in [1.54, 1.807) is 0 Å². The predicted molar refractivity (Wildman–Crippen MR) is 61.9 cm³/mol. The molecule has 1 aliphatic carbocycles. The van der Waals surface area contributed by atoms with E-state index >= 15 is 0 Å². The topological polar surface area (TPSA) is 26.7 Å². The molecule has 0 spiro atoms. The maximum absolute atomic E-state index is 9.11. The standard InChI is InChI=1S/C12H24N2O/c1-10-7-12(9-13(10)2)14(5-6-15)8-11-3-4-11/h10-12,15H,3-9H2,1-2H3. The molecule has 15 heavy (non-hydrogen) atoms. The zero-order valence-electron chi connectivity index (χ0n) is 10.0. The highest BCUT2D eigenvalue weighted by molar-refractivity contribution is 4.89. The van der Waals surface area contributed by atoms with Crippen molar-refractivity contribution in [1.29, 1.82) is 0 Å². The van der Waals surface area contributed by atoms with Gasteiger partial charge in [-0.2, -0.15) is 0 Å². The second-order valence-electron chi connectivity index (χ2n) is 5.34. The van der Waals surface area contributed by atoms with Gasteiger partial charge in [-0.25, -0.2) is 0 Å². The Balaban J connectivity index is 1.86. The van der Waals surface area contributed by atoms with E-state index in [0.29, 0.717) is 18.7 Å². The fraction of sp³-hybridized carbons (Fsp3) is 1.00. The van der Waals surface area contributed by atoms with E-state index in [0.717, 1.165) is 12.5 Å². The summed E-state index contributed by atoms with van der Waals surface area (Å²) in [4.78, 5) is 4.94. The number of hydrogen-bond donors (Lipinski definition) is 1. The van der Waals surface area contributed by atoms with E-state index in [1.165, 1.54) is 32.4 Å². The molecule has 88 valence electrons. The van der Waals surface area contributed by atoms with Crippen molar-refractivity contribution in [2.75, 3.05) is 33.3 Å². The van der Waals surface area contributed by atoms with Crippen molar-refractivity contribution >= 4 is 0 Å². The SMILES string of the molecule is CC1CC(N(CCO)CC2CC2)CN1C. The first-order valence-corrected chi connectivity index (χ1v) is 6.26. The van der Waals surface area contributed by atoms with Crippen LogP contribution in [0.25, 0.3) is 0 Å². The molecule has 1 N–H and O–H groups in total. The molecule has 0 bridgehead atoms. The summed E-state index contributed by atoms with van der Waals surface area (Å²) in [6.45, 7) is 5.86. The molecule has 1 aliphatic heterocycles. The third kappa shape index (κ3) is 2.92. The molecule has 2 unspecified atom stereocenters. The van der Waals surface area contributed by atoms with Gasteiger partial charge in [-0.1, -0.05) is 0 Å². The Kier molecular flexibility index (Phi) is 3.65. The quantitative estimate of drug-likeness (QED) is 0.729. The number of likely N-dealkylation sites (N-methyl/N-ethyl adjacent to an activating group) is 1. The van der Waals surface area contributed by atoms with E-state index in [9.17, 15) is 0 Å². The first kappa shape index (κ1) is 11.4. The average Bonchev–Trinajstić information content (AvgIpc) is 2.94. The molecule has 0 radical (unpaired) electrons. The zero-order valence-corrected chi connectivity index (χ0v) is 10.0. The smallest absolute Gasteiger partial charge is 0.0558 e. The van der Waals surface area contributed by atoms with Gasteiger partial charge in [0.05, 0.1) is 6.61 Å². The molecule has 0 aromatic rings. The van der Waals surface area contributed by atoms with E-state index in [1.807, 2.05) is 0 Å². The summed E-state index contributed by atoms with van der Waals surface area (Å²) in [7, 11) is 2.21. The number of aliphatic hydroxyl groups excluding tert-OH is 1. The maximum atomic E-state index is 9.11. The third-order valence-corrected chi connectivity index (χ3v) is 3.96. The minimum absolute atomic E-state index is 0.307. The molecule has 2 atom stereocenters. The van der Waals surface area contributed by atoms with Crippen molar-refractivity contribution in [3.8, 4) is 0 Å². The van der Waals surface area contributed by atoms with E-state index in [4.69, 9.17) is 5.11 Å². The van der Waals surface area contributed by atoms with Crippen LogP contribution in [-0.4, -0.2) is 60.3 Å². The Morgan fingerprint density at radius 1 is 1.40 bits per heavy atom. The molecular formula is C12H24N2O. The van der Waals surface area contributed by atoms with Crippen molar-refractivity contribution < 1.29 is 5.11 Å². The summed E-state index contributed by atoms with van der Waals surface area (Å²) in [6.07, 6.45) is 4.07. The second-order valence-corrected chi connectivity index (χ2v) is 5.34. The second kappa shape index (κ2) is 4.81. The van der Waals surface area contributed by atoms with E-state index in [-0.39, 0.29) is 0 Å². The van der Waals surface area contributed by atoms with Crippen LogP contribution in [0.3, 0.4) is 0 Å². The molecule has 1 saturated heterocycles. The van der Waals surface area contributed by atoms with E-state index < -0.39 is 0 Å². The van der Waals surface area contributed by atoms with Crippen molar-refractivity contribution in [2.24, 2.45) is 5.92 Å². The van der Waals surface area contributed by atoms with Crippen molar-refractivity contribution in [3.63, 3.8) is 0 Å². The van der Waals surface area contributed by atoms with Gasteiger partial charge in [-0.15, -0.1) is 0 Å². The highest BCUT2D eigenvalue weighted by atomic mass is 16.3. The summed E-state index contributed by atoms with van der Waals surface area (Å²) < 4.78 is 0. The summed E-state index contributed by atoms with van der Waals surface area (Å²) >= 11 is 0. The highest BCUT2D eigenvalue weighted by Gasteiger charge is 2.33. The summed E-state index contributed by atoms with van der Waals surface area (Å²) in [5, 5.41) is 9.11. The van der Waals surface area contributed by atoms with Crippen LogP contribution in [0.2, 0.25) is 0 Å². The van der Waals surface area contributed by atoms with Gasteiger partial charge in [-0.05, 0) is 39.2 Å². The van der Waals surface area contributed by atoms with Crippen LogP contribution in [0.5, 0.6) is 0 Å². The fourth-order valence-electron chi connectivity index (χ4n) is 2.61. The van der Waals surface area contributed by atoms with Crippen LogP contribution in [0.15, 0.2) is 0 Å². The van der Waals surface area contributed by atoms with Gasteiger partial charge in [0.25, 0.3) is 0 Å². The van der Waals surface area contributed by atoms with Gasteiger partial charge in [0.2, 0.25) is 0 Å². The third-order valence-electron chi connectivity index (χ3n) is 3.96. The van der Waals surface area contributed by atoms with Gasteiger partial charge in [0, 0.05) is 31.7 Å². The van der Waals surface area contributed by atoms with Crippen molar-refractivity contribution in [2.45, 2.75) is 38.3 Å². The molecule has 1 heterocycles. The van der Waals surface area contributed by atoms with Gasteiger partial charge in [0.15, 0.2) is 0 Å². The molecule has 2 rings (SSSR count). The molecule has 3 heteroatoms. The van der Waals surface area contributed by atoms with Crippen molar-refractivity contribution in [1.82, 2.24) is 9.80 Å². The lowest BCUT2D eigenvalue weighted by molar-refractivity contribution is 0.147. The largest absolute Gasteiger partial charge is 0.395 e. The Morgan fingerprint density at radius 3 is 2.60 bits per heavy atom. The van der Waals surface area contributed by atoms with Gasteiger partial charge in [-0.3, -0.25) is 4.90 Å². The lowest BCUT2D eigenvalue weighted by Crippen LogP contribution is -2.40. The van der Waals surface area contributed by atoms with E-state index in [2.05, 4.69) is 23.8 Å². The number of likely N-dealkylation sites (tertiary alicyclic amines) is 1. The number of nitrogens with zero attached hydrogens (tertiary/aromatic N) is 2. The van der Waals surface area contributed by atoms with Crippen LogP contribution < -0.4 is 0 Å². The molecular weight excluding hydrogens is 188 g/mol. The lowest BCUT2D eigenvalue weighted by Gasteiger charge is -2.28. The van der Waals surface area contributed by atoms with Gasteiger partial charge < -0.3 is 10.0 Å². The minimum Gasteiger partial charge on any atom is -0.395 e. The molecule has 0 aromatic carbocycles. The van der Waals surface area contributed by atoms with Crippen LogP contribution in [0, 0.1) is 5.92 Å². The van der Waals surface area contributed by atoms with Crippen molar-refractivity contribution in [3.05, 3.63) is 0 Å². The number of hydrogen-bond acceptors (Lipinski definition) is 3. The Bertz CT molecular complexity index is 196. The fourth-order valence-corrected chi connectivity index (χ4v) is 2.61. The predicted octanol–water partition coefficient (Wildman–Crippen LogP) is 0.783. The van der Waals surface area contributed by atoms with Gasteiger partial charge >= 0.3 is 0 Å². The van der Waals surface area contributed by atoms with Gasteiger partial charge in [0.1, 0.15) is 0 Å². The van der Waals surface area contributed by atoms with Crippen LogP contribution in [0.1, 0.15) is 26.2 Å². The molecule has 0 amide bonds. The minimum atomic E-state index is 0.307. The molecule has 1 saturated carbocycles. The molecule has 2 fully saturated rings. The lowest BCUT2D eigenvalue weighted by atomic mass is 10.1. The van der Waals surface area contributed by atoms with Crippen LogP contribution in [-0.2, 0) is 0 Å². The maximum Gasteiger partial charge on any atom is 0.0558 e. The monoisotopic (exact) mass is 212 g/mol. The zero-order chi connectivity index (χ0) is 10.8. The van der Waals surface area contributed by atoms with Crippen LogP contribution >= 0.6 is 0 Å². The molecule has 2 aliphatic rings.